The highest BCUT2D eigenvalue weighted by Crippen LogP contribution is 2.18. The Morgan fingerprint density at radius 1 is 1.33 bits per heavy atom. The van der Waals surface area contributed by atoms with Gasteiger partial charge in [0.2, 0.25) is 0 Å². The summed E-state index contributed by atoms with van der Waals surface area (Å²) in [6.45, 7) is 2.33. The van der Waals surface area contributed by atoms with Crippen LogP contribution in [0.2, 0.25) is 0 Å². The van der Waals surface area contributed by atoms with Crippen molar-refractivity contribution >= 4 is 23.3 Å². The third-order valence-corrected chi connectivity index (χ3v) is 5.05. The average Bonchev–Trinajstić information content (AvgIpc) is 3.31. The van der Waals surface area contributed by atoms with Crippen molar-refractivity contribution < 1.29 is 14.3 Å². The molecule has 0 radical (unpaired) electrons. The number of nitrogens with zero attached hydrogens (tertiary/aromatic N) is 1. The van der Waals surface area contributed by atoms with E-state index in [1.54, 1.807) is 34.7 Å². The number of carbonyl (C=O) groups is 2. The molecule has 0 spiro atoms. The molecule has 7 heteroatoms. The van der Waals surface area contributed by atoms with Crippen LogP contribution in [-0.2, 0) is 11.3 Å². The molecule has 0 aromatic carbocycles. The number of ether oxygens (including phenoxy) is 1. The molecule has 24 heavy (non-hydrogen) atoms. The highest BCUT2D eigenvalue weighted by Gasteiger charge is 2.24. The van der Waals surface area contributed by atoms with E-state index in [4.69, 9.17) is 4.74 Å². The summed E-state index contributed by atoms with van der Waals surface area (Å²) in [6.07, 6.45) is 4.91. The largest absolute Gasteiger partial charge is 0.444 e. The summed E-state index contributed by atoms with van der Waals surface area (Å²) in [6, 6.07) is 5.65. The second kappa shape index (κ2) is 8.01. The predicted octanol–water partition coefficient (Wildman–Crippen LogP) is 2.85. The van der Waals surface area contributed by atoms with Crippen LogP contribution in [0.5, 0.6) is 0 Å². The minimum atomic E-state index is -0.252. The second-order valence-corrected chi connectivity index (χ2v) is 6.91. The number of aromatic amines is 1. The Hall–Kier alpha value is -2.28. The number of hydrogen-bond donors (Lipinski definition) is 2. The lowest BCUT2D eigenvalue weighted by molar-refractivity contribution is 0.0807. The number of H-pyrrole nitrogens is 1. The molecule has 2 N–H and O–H groups in total. The third kappa shape index (κ3) is 4.38. The molecular formula is C17H21N3O3S. The Labute approximate surface area is 144 Å². The van der Waals surface area contributed by atoms with Gasteiger partial charge >= 0.3 is 6.09 Å². The van der Waals surface area contributed by atoms with Crippen LogP contribution in [-0.4, -0.2) is 41.5 Å². The number of likely N-dealkylation sites (tertiary alicyclic amines) is 1. The third-order valence-electron chi connectivity index (χ3n) is 4.20. The maximum Gasteiger partial charge on any atom is 0.410 e. The van der Waals surface area contributed by atoms with Crippen molar-refractivity contribution in [1.82, 2.24) is 15.2 Å². The van der Waals surface area contributed by atoms with Gasteiger partial charge in [0.05, 0.1) is 5.56 Å². The van der Waals surface area contributed by atoms with Crippen LogP contribution >= 0.6 is 11.3 Å². The summed E-state index contributed by atoms with van der Waals surface area (Å²) in [5.41, 5.74) is 0.643. The lowest BCUT2D eigenvalue weighted by Crippen LogP contribution is -2.41. The smallest absolute Gasteiger partial charge is 0.410 e. The molecule has 1 aliphatic heterocycles. The number of hydrogen-bond acceptors (Lipinski definition) is 4. The van der Waals surface area contributed by atoms with Crippen molar-refractivity contribution in [2.45, 2.75) is 19.4 Å². The minimum Gasteiger partial charge on any atom is -0.444 e. The standard InChI is InChI=1S/C17H21N3O3S/c21-16(14-3-6-18-11-14)19-10-13-4-7-20(8-5-13)17(22)23-12-15-2-1-9-24-15/h1-3,6,9,11,13,18H,4-5,7-8,10,12H2,(H,19,21). The van der Waals surface area contributed by atoms with Crippen LogP contribution in [0.3, 0.4) is 0 Å². The van der Waals surface area contributed by atoms with E-state index >= 15 is 0 Å². The van der Waals surface area contributed by atoms with Gasteiger partial charge < -0.3 is 19.9 Å². The van der Waals surface area contributed by atoms with E-state index in [-0.39, 0.29) is 12.0 Å². The highest BCUT2D eigenvalue weighted by molar-refractivity contribution is 7.09. The normalized spacial score (nSPS) is 15.2. The molecular weight excluding hydrogens is 326 g/mol. The van der Waals surface area contributed by atoms with Gasteiger partial charge in [0.1, 0.15) is 6.61 Å². The Morgan fingerprint density at radius 2 is 2.17 bits per heavy atom. The number of piperidine rings is 1. The Kier molecular flexibility index (Phi) is 5.53. The van der Waals surface area contributed by atoms with Crippen molar-refractivity contribution in [2.24, 2.45) is 5.92 Å². The molecule has 1 aliphatic rings. The topological polar surface area (TPSA) is 74.4 Å². The number of amides is 2. The molecule has 2 aromatic heterocycles. The van der Waals surface area contributed by atoms with Crippen LogP contribution in [0.15, 0.2) is 36.0 Å². The fraction of sp³-hybridized carbons (Fsp3) is 0.412. The zero-order valence-electron chi connectivity index (χ0n) is 13.4. The zero-order valence-corrected chi connectivity index (χ0v) is 14.2. The van der Waals surface area contributed by atoms with E-state index in [0.29, 0.717) is 37.7 Å². The minimum absolute atomic E-state index is 0.0611. The van der Waals surface area contributed by atoms with Crippen molar-refractivity contribution in [3.63, 3.8) is 0 Å². The van der Waals surface area contributed by atoms with Gasteiger partial charge in [-0.25, -0.2) is 4.79 Å². The van der Waals surface area contributed by atoms with Crippen molar-refractivity contribution in [3.05, 3.63) is 46.4 Å². The molecule has 6 nitrogen and oxygen atoms in total. The number of thiophene rings is 1. The van der Waals surface area contributed by atoms with E-state index in [0.717, 1.165) is 17.7 Å². The molecule has 128 valence electrons. The number of rotatable bonds is 5. The maximum absolute atomic E-state index is 12.1. The molecule has 1 saturated heterocycles. The maximum atomic E-state index is 12.1. The van der Waals surface area contributed by atoms with E-state index in [1.165, 1.54) is 0 Å². The summed E-state index contributed by atoms with van der Waals surface area (Å²) < 4.78 is 5.33. The summed E-state index contributed by atoms with van der Waals surface area (Å²) in [5, 5.41) is 4.92. The number of carbonyl (C=O) groups excluding carboxylic acids is 2. The van der Waals surface area contributed by atoms with Crippen LogP contribution in [0.4, 0.5) is 4.79 Å². The van der Waals surface area contributed by atoms with Crippen LogP contribution in [0.25, 0.3) is 0 Å². The van der Waals surface area contributed by atoms with E-state index in [2.05, 4.69) is 10.3 Å². The van der Waals surface area contributed by atoms with Gasteiger partial charge in [-0.2, -0.15) is 0 Å². The number of aromatic nitrogens is 1. The quantitative estimate of drug-likeness (QED) is 0.873. The van der Waals surface area contributed by atoms with Gasteiger partial charge in [-0.05, 0) is 36.3 Å². The first kappa shape index (κ1) is 16.6. The Bertz CT molecular complexity index is 647. The lowest BCUT2D eigenvalue weighted by atomic mass is 9.97. The molecule has 1 fully saturated rings. The first-order valence-corrected chi connectivity index (χ1v) is 8.95. The van der Waals surface area contributed by atoms with Crippen molar-refractivity contribution in [1.29, 1.82) is 0 Å². The van der Waals surface area contributed by atoms with E-state index in [9.17, 15) is 9.59 Å². The second-order valence-electron chi connectivity index (χ2n) is 5.87. The molecule has 2 aromatic rings. The van der Waals surface area contributed by atoms with Crippen molar-refractivity contribution in [3.8, 4) is 0 Å². The first-order valence-electron chi connectivity index (χ1n) is 8.07. The molecule has 2 amide bonds. The monoisotopic (exact) mass is 347 g/mol. The molecule has 3 heterocycles. The first-order chi connectivity index (χ1) is 11.7. The molecule has 0 bridgehead atoms. The van der Waals surface area contributed by atoms with Crippen LogP contribution in [0, 0.1) is 5.92 Å². The van der Waals surface area contributed by atoms with Crippen LogP contribution in [0.1, 0.15) is 28.1 Å². The van der Waals surface area contributed by atoms with Gasteiger partial charge in [-0.1, -0.05) is 6.07 Å². The van der Waals surface area contributed by atoms with E-state index in [1.807, 2.05) is 17.5 Å². The SMILES string of the molecule is O=C(NCC1CCN(C(=O)OCc2cccs2)CC1)c1cc[nH]c1. The van der Waals surface area contributed by atoms with Gasteiger partial charge in [0.15, 0.2) is 0 Å². The van der Waals surface area contributed by atoms with Gasteiger partial charge in [0.25, 0.3) is 5.91 Å². The zero-order chi connectivity index (χ0) is 16.8. The molecule has 0 aliphatic carbocycles. The molecule has 0 unspecified atom stereocenters. The Morgan fingerprint density at radius 3 is 2.83 bits per heavy atom. The van der Waals surface area contributed by atoms with Gasteiger partial charge in [-0.3, -0.25) is 4.79 Å². The fourth-order valence-electron chi connectivity index (χ4n) is 2.74. The van der Waals surface area contributed by atoms with Gasteiger partial charge in [0, 0.05) is 36.9 Å². The lowest BCUT2D eigenvalue weighted by Gasteiger charge is -2.31. The summed E-state index contributed by atoms with van der Waals surface area (Å²) >= 11 is 1.58. The fourth-order valence-corrected chi connectivity index (χ4v) is 3.36. The average molecular weight is 347 g/mol. The molecule has 3 rings (SSSR count). The van der Waals surface area contributed by atoms with Crippen LogP contribution < -0.4 is 5.32 Å². The highest BCUT2D eigenvalue weighted by atomic mass is 32.1. The number of nitrogens with one attached hydrogen (secondary N) is 2. The van der Waals surface area contributed by atoms with Gasteiger partial charge in [-0.15, -0.1) is 11.3 Å². The summed E-state index contributed by atoms with van der Waals surface area (Å²) in [4.78, 5) is 29.6. The molecule has 0 saturated carbocycles. The summed E-state index contributed by atoms with van der Waals surface area (Å²) in [5.74, 6) is 0.336. The van der Waals surface area contributed by atoms with Crippen molar-refractivity contribution in [2.75, 3.05) is 19.6 Å². The summed E-state index contributed by atoms with van der Waals surface area (Å²) in [7, 11) is 0. The molecule has 0 atom stereocenters. The predicted molar refractivity (Wildman–Crippen MR) is 91.9 cm³/mol. The Balaban J connectivity index is 1.36. The van der Waals surface area contributed by atoms with E-state index < -0.39 is 0 Å².